The number of fused-ring (bicyclic) bond motifs is 3. The molecule has 0 heterocycles. The van der Waals surface area contributed by atoms with Crippen molar-refractivity contribution >= 4 is 42.8 Å². The summed E-state index contributed by atoms with van der Waals surface area (Å²) in [5.41, 5.74) is 8.16. The van der Waals surface area contributed by atoms with Gasteiger partial charge in [-0.3, -0.25) is 0 Å². The Bertz CT molecular complexity index is 1860. The van der Waals surface area contributed by atoms with E-state index in [0.717, 1.165) is 11.8 Å². The smallest absolute Gasteiger partial charge is 0.172 e. The summed E-state index contributed by atoms with van der Waals surface area (Å²) in [6.45, 7) is 21.9. The van der Waals surface area contributed by atoms with E-state index in [0.29, 0.717) is 0 Å². The maximum atomic E-state index is 5.13. The van der Waals surface area contributed by atoms with Crippen LogP contribution in [-0.2, 0) is 29.7 Å². The van der Waals surface area contributed by atoms with Gasteiger partial charge in [-0.1, -0.05) is 179 Å². The number of benzene rings is 4. The van der Waals surface area contributed by atoms with E-state index in [2.05, 4.69) is 151 Å². The molecular formula is C53H66Cl2Zr-4. The van der Waals surface area contributed by atoms with Gasteiger partial charge in [-0.05, 0) is 44.2 Å². The van der Waals surface area contributed by atoms with Gasteiger partial charge >= 0.3 is 40.1 Å². The van der Waals surface area contributed by atoms with E-state index in [1.807, 2.05) is 30.3 Å². The molecule has 2 fully saturated rings. The third kappa shape index (κ3) is 14.7. The van der Waals surface area contributed by atoms with Gasteiger partial charge < -0.3 is 13.8 Å². The van der Waals surface area contributed by atoms with Crippen molar-refractivity contribution in [2.24, 2.45) is 11.8 Å². The van der Waals surface area contributed by atoms with E-state index in [4.69, 9.17) is 17.0 Å². The van der Waals surface area contributed by atoms with Gasteiger partial charge in [-0.25, -0.2) is 12.1 Å². The zero-order valence-electron chi connectivity index (χ0n) is 35.2. The topological polar surface area (TPSA) is 0 Å². The van der Waals surface area contributed by atoms with Crippen molar-refractivity contribution in [1.29, 1.82) is 0 Å². The molecule has 0 nitrogen and oxygen atoms in total. The first-order chi connectivity index (χ1) is 26.6. The van der Waals surface area contributed by atoms with Crippen LogP contribution in [0.25, 0.3) is 43.8 Å². The fourth-order valence-corrected chi connectivity index (χ4v) is 7.75. The second-order valence-electron chi connectivity index (χ2n) is 17.7. The number of rotatable bonds is 2. The van der Waals surface area contributed by atoms with Gasteiger partial charge in [0, 0.05) is 0 Å². The first kappa shape index (κ1) is 46.1. The monoisotopic (exact) mass is 862 g/mol. The summed E-state index contributed by atoms with van der Waals surface area (Å²) in [6, 6.07) is 43.7. The summed E-state index contributed by atoms with van der Waals surface area (Å²) in [6.07, 6.45) is 14.1. The summed E-state index contributed by atoms with van der Waals surface area (Å²) in [5.74, 6) is 1.57. The first-order valence-corrected chi connectivity index (χ1v) is 28.9. The molecule has 0 unspecified atom stereocenters. The van der Waals surface area contributed by atoms with Gasteiger partial charge in [0.15, 0.2) is 0 Å². The molecule has 2 aliphatic rings. The molecule has 0 aliphatic heterocycles. The molecule has 6 aromatic carbocycles. The molecule has 2 aliphatic carbocycles. The summed E-state index contributed by atoms with van der Waals surface area (Å²) in [4.78, 5) is 0. The van der Waals surface area contributed by atoms with Crippen molar-refractivity contribution in [1.82, 2.24) is 0 Å². The molecule has 0 N–H and O–H groups in total. The summed E-state index contributed by atoms with van der Waals surface area (Å²) >= 11 is -1.85. The van der Waals surface area contributed by atoms with E-state index < -0.39 is 18.9 Å². The van der Waals surface area contributed by atoms with Crippen molar-refractivity contribution in [2.75, 3.05) is 0 Å². The molecule has 0 bridgehead atoms. The largest absolute Gasteiger partial charge is 0.214 e. The van der Waals surface area contributed by atoms with Crippen molar-refractivity contribution in [2.45, 2.75) is 117 Å². The average Bonchev–Trinajstić information content (AvgIpc) is 3.87. The van der Waals surface area contributed by atoms with Crippen LogP contribution in [0.4, 0.5) is 0 Å². The summed E-state index contributed by atoms with van der Waals surface area (Å²) in [5, 5.41) is 5.36. The zero-order chi connectivity index (χ0) is 40.7. The Kier molecular flexibility index (Phi) is 18.6. The molecule has 56 heavy (non-hydrogen) atoms. The number of halogens is 2. The van der Waals surface area contributed by atoms with Crippen LogP contribution in [0.15, 0.2) is 121 Å². The van der Waals surface area contributed by atoms with Crippen LogP contribution < -0.4 is 0 Å². The van der Waals surface area contributed by atoms with Crippen LogP contribution in [0.3, 0.4) is 0 Å². The Balaban J connectivity index is 0.000000242. The molecule has 2 saturated carbocycles. The zero-order valence-corrected chi connectivity index (χ0v) is 39.1. The Morgan fingerprint density at radius 1 is 0.554 bits per heavy atom. The maximum Gasteiger partial charge on any atom is -0.172 e. The van der Waals surface area contributed by atoms with Crippen LogP contribution in [-0.4, -0.2) is 4.21 Å². The van der Waals surface area contributed by atoms with Gasteiger partial charge in [0.25, 0.3) is 0 Å². The Morgan fingerprint density at radius 2 is 0.893 bits per heavy atom. The quantitative estimate of drug-likeness (QED) is 0.152. The van der Waals surface area contributed by atoms with Crippen LogP contribution >= 0.6 is 17.0 Å². The van der Waals surface area contributed by atoms with Crippen LogP contribution in [0.2, 0.25) is 0 Å². The summed E-state index contributed by atoms with van der Waals surface area (Å²) in [7, 11) is 10.3. The Labute approximate surface area is 356 Å². The Morgan fingerprint density at radius 3 is 1.14 bits per heavy atom. The van der Waals surface area contributed by atoms with E-state index in [9.17, 15) is 0 Å². The van der Waals surface area contributed by atoms with Gasteiger partial charge in [0.05, 0.1) is 0 Å². The van der Waals surface area contributed by atoms with E-state index in [1.54, 1.807) is 0 Å². The fourth-order valence-electron chi connectivity index (χ4n) is 7.75. The molecule has 0 atom stereocenters. The van der Waals surface area contributed by atoms with Crippen LogP contribution in [0.5, 0.6) is 0 Å². The SMILES string of the molecule is CC(C)(C)c1cc2c(cc1-c1ccccc1)[cH-]c1cc(-c3ccccc3)c(C(C)(C)C)cc12.[CH2-]C1CCCCC1.[CH2-]C1CCCCC1.[CH2]=[Zr]([Cl])[Cl].c1cc[cH-]c1. The molecule has 0 aromatic heterocycles. The predicted octanol–water partition coefficient (Wildman–Crippen LogP) is 17.2. The van der Waals surface area contributed by atoms with Crippen molar-refractivity contribution in [3.8, 4) is 22.3 Å². The molecule has 6 aromatic rings. The van der Waals surface area contributed by atoms with Crippen LogP contribution in [0, 0.1) is 25.7 Å². The molecule has 3 heteroatoms. The van der Waals surface area contributed by atoms with Gasteiger partial charge in [0.1, 0.15) is 0 Å². The standard InChI is InChI=1S/C33H33.2C7H13.C5H5.CH2.2ClH.Zr/c1-32(2,3)30-20-26-24(18-28(30)22-13-9-7-10-14-22)17-25-19-29(23-15-11-8-12-16-23)31(21-27(25)26)33(4,5)6;2*1-7-5-3-2-4-6-7;1-2-4-5-3-1;;;;/h7-21H,1-6H3;2*7H,1-6H2;1-5H;1H2;2*1H;/q4*-1;;;;+2/p-2. The van der Waals surface area contributed by atoms with Crippen molar-refractivity contribution in [3.63, 3.8) is 0 Å². The van der Waals surface area contributed by atoms with Crippen LogP contribution in [0.1, 0.15) is 117 Å². The van der Waals surface area contributed by atoms with E-state index >= 15 is 0 Å². The minimum atomic E-state index is -1.85. The predicted molar refractivity (Wildman–Crippen MR) is 250 cm³/mol. The molecular weight excluding hydrogens is 799 g/mol. The summed E-state index contributed by atoms with van der Waals surface area (Å²) < 4.78 is 3.37. The molecule has 8 rings (SSSR count). The Hall–Kier alpha value is -2.57. The van der Waals surface area contributed by atoms with Gasteiger partial charge in [0.2, 0.25) is 0 Å². The third-order valence-electron chi connectivity index (χ3n) is 10.8. The molecule has 0 saturated heterocycles. The molecule has 0 amide bonds. The maximum absolute atomic E-state index is 5.13. The fraction of sp³-hybridized carbons (Fsp3) is 0.377. The third-order valence-corrected chi connectivity index (χ3v) is 10.8. The minimum Gasteiger partial charge on any atom is -0.214 e. The van der Waals surface area contributed by atoms with Gasteiger partial charge in [-0.15, -0.1) is 39.7 Å². The van der Waals surface area contributed by atoms with E-state index in [-0.39, 0.29) is 10.8 Å². The molecule has 300 valence electrons. The minimum absolute atomic E-state index is 0.0554. The molecule has 0 radical (unpaired) electrons. The van der Waals surface area contributed by atoms with Gasteiger partial charge in [-0.2, -0.15) is 30.0 Å². The second kappa shape index (κ2) is 22.5. The van der Waals surface area contributed by atoms with E-state index in [1.165, 1.54) is 119 Å². The van der Waals surface area contributed by atoms with Crippen molar-refractivity contribution in [3.05, 3.63) is 146 Å². The number of hydrogen-bond acceptors (Lipinski definition) is 0. The number of hydrogen-bond donors (Lipinski definition) is 0. The average molecular weight is 865 g/mol. The first-order valence-electron chi connectivity index (χ1n) is 20.8. The second-order valence-corrected chi connectivity index (χ2v) is 25.9. The normalized spacial score (nSPS) is 14.9. The van der Waals surface area contributed by atoms with Crippen molar-refractivity contribution < 1.29 is 18.9 Å². The molecule has 0 spiro atoms.